The van der Waals surface area contributed by atoms with Crippen molar-refractivity contribution in [2.45, 2.75) is 46.1 Å². The van der Waals surface area contributed by atoms with Gasteiger partial charge in [0.25, 0.3) is 5.91 Å². The topological polar surface area (TPSA) is 92.5 Å². The monoisotopic (exact) mass is 299 g/mol. The van der Waals surface area contributed by atoms with E-state index in [9.17, 15) is 14.4 Å². The molecule has 1 aliphatic rings. The Morgan fingerprint density at radius 2 is 1.90 bits per heavy atom. The molecular formula is C13H21N3O3S. The Hall–Kier alpha value is -1.50. The number of amides is 3. The van der Waals surface area contributed by atoms with Crippen molar-refractivity contribution in [3.05, 3.63) is 0 Å². The highest BCUT2D eigenvalue weighted by molar-refractivity contribution is 7.80. The number of carbonyl (C=O) groups excluding carboxylic acids is 3. The summed E-state index contributed by atoms with van der Waals surface area (Å²) in [6.07, 6.45) is 0.861. The van der Waals surface area contributed by atoms with Gasteiger partial charge in [0.2, 0.25) is 11.8 Å². The highest BCUT2D eigenvalue weighted by atomic mass is 32.1. The third-order valence-electron chi connectivity index (χ3n) is 4.12. The Morgan fingerprint density at radius 1 is 1.40 bits per heavy atom. The van der Waals surface area contributed by atoms with E-state index in [-0.39, 0.29) is 17.4 Å². The minimum atomic E-state index is -1.11. The Balaban J connectivity index is 3.26. The van der Waals surface area contributed by atoms with Crippen molar-refractivity contribution in [1.29, 1.82) is 0 Å². The first-order chi connectivity index (χ1) is 9.13. The molecule has 0 unspecified atom stereocenters. The zero-order valence-electron chi connectivity index (χ0n) is 12.3. The summed E-state index contributed by atoms with van der Waals surface area (Å²) in [6.45, 7) is 6.67. The summed E-state index contributed by atoms with van der Waals surface area (Å²) < 4.78 is 0. The summed E-state index contributed by atoms with van der Waals surface area (Å²) in [6, 6.07) is 0. The van der Waals surface area contributed by atoms with Crippen LogP contribution >= 0.6 is 12.2 Å². The van der Waals surface area contributed by atoms with E-state index < -0.39 is 22.8 Å². The lowest BCUT2D eigenvalue weighted by atomic mass is 9.79. The molecule has 1 aliphatic heterocycles. The van der Waals surface area contributed by atoms with Gasteiger partial charge < -0.3 is 10.6 Å². The predicted molar refractivity (Wildman–Crippen MR) is 78.7 cm³/mol. The van der Waals surface area contributed by atoms with Crippen molar-refractivity contribution < 1.29 is 14.4 Å². The highest BCUT2D eigenvalue weighted by Crippen LogP contribution is 2.33. The summed E-state index contributed by atoms with van der Waals surface area (Å²) in [5, 5.41) is 2.24. The lowest BCUT2D eigenvalue weighted by Crippen LogP contribution is -2.68. The molecule has 20 heavy (non-hydrogen) atoms. The van der Waals surface area contributed by atoms with Gasteiger partial charge in [-0.15, -0.1) is 0 Å². The van der Waals surface area contributed by atoms with Crippen LogP contribution in [-0.2, 0) is 14.4 Å². The van der Waals surface area contributed by atoms with E-state index in [1.807, 2.05) is 13.8 Å². The van der Waals surface area contributed by atoms with E-state index in [1.54, 1.807) is 13.8 Å². The standard InChI is InChI=1S/C13H21N3O3S/c1-5-13(6-2,9(14)20)11(19)16-7-8(17)15-10(18)12(16,3)4/h5-7H2,1-4H3,(H2,14,20)(H,15,17,18). The Kier molecular flexibility index (Phi) is 4.53. The summed E-state index contributed by atoms with van der Waals surface area (Å²) >= 11 is 5.05. The van der Waals surface area contributed by atoms with Gasteiger partial charge in [-0.3, -0.25) is 19.7 Å². The molecule has 3 N–H and O–H groups in total. The van der Waals surface area contributed by atoms with Crippen LogP contribution in [0.3, 0.4) is 0 Å². The second-order valence-corrected chi connectivity index (χ2v) is 5.92. The number of carbonyl (C=O) groups is 3. The Labute approximate surface area is 124 Å². The number of rotatable bonds is 4. The molecule has 0 bridgehead atoms. The molecule has 0 atom stereocenters. The van der Waals surface area contributed by atoms with Gasteiger partial charge in [0.1, 0.15) is 12.1 Å². The predicted octanol–water partition coefficient (Wildman–Crippen LogP) is 0.343. The minimum absolute atomic E-state index is 0.0988. The molecule has 1 rings (SSSR count). The zero-order chi connectivity index (χ0) is 15.7. The molecule has 7 heteroatoms. The lowest BCUT2D eigenvalue weighted by Gasteiger charge is -2.44. The smallest absolute Gasteiger partial charge is 0.252 e. The van der Waals surface area contributed by atoms with Gasteiger partial charge in [-0.05, 0) is 26.7 Å². The van der Waals surface area contributed by atoms with Crippen LogP contribution in [0.25, 0.3) is 0 Å². The third kappa shape index (κ3) is 2.42. The molecule has 1 saturated heterocycles. The van der Waals surface area contributed by atoms with E-state index in [4.69, 9.17) is 18.0 Å². The molecule has 6 nitrogen and oxygen atoms in total. The van der Waals surface area contributed by atoms with Crippen molar-refractivity contribution >= 4 is 34.9 Å². The number of imide groups is 1. The Morgan fingerprint density at radius 3 is 2.30 bits per heavy atom. The molecule has 0 saturated carbocycles. The fourth-order valence-electron chi connectivity index (χ4n) is 2.37. The number of hydrogen-bond acceptors (Lipinski definition) is 4. The van der Waals surface area contributed by atoms with E-state index in [0.29, 0.717) is 12.8 Å². The molecule has 0 aromatic carbocycles. The second-order valence-electron chi connectivity index (χ2n) is 5.48. The second kappa shape index (κ2) is 5.47. The van der Waals surface area contributed by atoms with E-state index in [0.717, 1.165) is 0 Å². The normalized spacial score (nSPS) is 18.7. The molecule has 0 aromatic heterocycles. The van der Waals surface area contributed by atoms with Crippen molar-refractivity contribution in [3.63, 3.8) is 0 Å². The Bertz CT molecular complexity index is 469. The number of nitrogens with zero attached hydrogens (tertiary/aromatic N) is 1. The van der Waals surface area contributed by atoms with E-state index in [1.165, 1.54) is 4.90 Å². The summed E-state index contributed by atoms with van der Waals surface area (Å²) in [5.74, 6) is -1.35. The van der Waals surface area contributed by atoms with Crippen molar-refractivity contribution in [1.82, 2.24) is 10.2 Å². The van der Waals surface area contributed by atoms with Crippen LogP contribution in [0, 0.1) is 5.41 Å². The molecular weight excluding hydrogens is 278 g/mol. The largest absolute Gasteiger partial charge is 0.392 e. The first-order valence-electron chi connectivity index (χ1n) is 6.59. The maximum Gasteiger partial charge on any atom is 0.252 e. The van der Waals surface area contributed by atoms with Crippen molar-refractivity contribution in [2.75, 3.05) is 6.54 Å². The average molecular weight is 299 g/mol. The molecule has 3 amide bonds. The summed E-state index contributed by atoms with van der Waals surface area (Å²) in [7, 11) is 0. The zero-order valence-corrected chi connectivity index (χ0v) is 13.1. The maximum absolute atomic E-state index is 12.9. The van der Waals surface area contributed by atoms with E-state index >= 15 is 0 Å². The fraction of sp³-hybridized carbons (Fsp3) is 0.692. The van der Waals surface area contributed by atoms with Crippen LogP contribution in [-0.4, -0.2) is 39.7 Å². The van der Waals surface area contributed by atoms with Crippen LogP contribution in [0.2, 0.25) is 0 Å². The molecule has 0 spiro atoms. The third-order valence-corrected chi connectivity index (χ3v) is 4.51. The van der Waals surface area contributed by atoms with Gasteiger partial charge in [0.05, 0.1) is 10.4 Å². The quantitative estimate of drug-likeness (QED) is 0.577. The molecule has 0 aliphatic carbocycles. The number of hydrogen-bond donors (Lipinski definition) is 2. The van der Waals surface area contributed by atoms with Gasteiger partial charge in [-0.25, -0.2) is 0 Å². The molecule has 1 heterocycles. The average Bonchev–Trinajstić information content (AvgIpc) is 2.35. The number of nitrogens with two attached hydrogens (primary N) is 1. The van der Waals surface area contributed by atoms with Crippen LogP contribution in [0.1, 0.15) is 40.5 Å². The number of nitrogens with one attached hydrogen (secondary N) is 1. The van der Waals surface area contributed by atoms with E-state index in [2.05, 4.69) is 5.32 Å². The first kappa shape index (κ1) is 16.6. The summed E-state index contributed by atoms with van der Waals surface area (Å²) in [5.41, 5.74) is 3.64. The molecule has 1 fully saturated rings. The minimum Gasteiger partial charge on any atom is -0.392 e. The fourth-order valence-corrected chi connectivity index (χ4v) is 2.75. The van der Waals surface area contributed by atoms with Crippen molar-refractivity contribution in [2.24, 2.45) is 11.1 Å². The highest BCUT2D eigenvalue weighted by Gasteiger charge is 2.50. The summed E-state index contributed by atoms with van der Waals surface area (Å²) in [4.78, 5) is 37.7. The van der Waals surface area contributed by atoms with Gasteiger partial charge in [0.15, 0.2) is 0 Å². The van der Waals surface area contributed by atoms with Gasteiger partial charge in [0, 0.05) is 0 Å². The molecule has 0 aromatic rings. The maximum atomic E-state index is 12.9. The van der Waals surface area contributed by atoms with Crippen LogP contribution < -0.4 is 11.1 Å². The van der Waals surface area contributed by atoms with Gasteiger partial charge in [-0.2, -0.15) is 0 Å². The first-order valence-corrected chi connectivity index (χ1v) is 7.00. The SMILES string of the molecule is CCC(CC)(C(=O)N1CC(=O)NC(=O)C1(C)C)C(N)=S. The van der Waals surface area contributed by atoms with Crippen LogP contribution in [0.5, 0.6) is 0 Å². The molecule has 112 valence electrons. The lowest BCUT2D eigenvalue weighted by molar-refractivity contribution is -0.159. The van der Waals surface area contributed by atoms with Crippen LogP contribution in [0.4, 0.5) is 0 Å². The number of piperazine rings is 1. The van der Waals surface area contributed by atoms with Gasteiger partial charge in [-0.1, -0.05) is 26.1 Å². The molecule has 0 radical (unpaired) electrons. The van der Waals surface area contributed by atoms with Crippen molar-refractivity contribution in [3.8, 4) is 0 Å². The number of thiocarbonyl (C=S) groups is 1. The van der Waals surface area contributed by atoms with Gasteiger partial charge >= 0.3 is 0 Å². The van der Waals surface area contributed by atoms with Crippen LogP contribution in [0.15, 0.2) is 0 Å².